The Morgan fingerprint density at radius 3 is 0.705 bits per heavy atom. The summed E-state index contributed by atoms with van der Waals surface area (Å²) in [6, 6.07) is 0. The molecule has 2 aliphatic heterocycles. The van der Waals surface area contributed by atoms with E-state index in [1.165, 1.54) is 167 Å². The molecule has 0 spiro atoms. The van der Waals surface area contributed by atoms with E-state index in [2.05, 4.69) is 13.8 Å². The minimum atomic E-state index is -4.98. The fraction of sp³-hybridized carbons (Fsp3) is 0.932. The van der Waals surface area contributed by atoms with Gasteiger partial charge in [0.15, 0.2) is 0 Å². The molecule has 0 N–H and O–H groups in total. The molecule has 2 aliphatic rings. The number of ether oxygens (including phenoxy) is 3. The van der Waals surface area contributed by atoms with E-state index in [0.717, 1.165) is 284 Å². The van der Waals surface area contributed by atoms with Crippen molar-refractivity contribution in [3.05, 3.63) is 0 Å². The van der Waals surface area contributed by atoms with Crippen LogP contribution in [-0.4, -0.2) is 115 Å². The van der Waals surface area contributed by atoms with Gasteiger partial charge in [0.2, 0.25) is 0 Å². The van der Waals surface area contributed by atoms with Crippen LogP contribution in [-0.2, 0) is 61.4 Å². The van der Waals surface area contributed by atoms with Crippen molar-refractivity contribution in [2.75, 3.05) is 39.6 Å². The van der Waals surface area contributed by atoms with Crippen molar-refractivity contribution in [3.63, 3.8) is 0 Å². The second-order valence-electron chi connectivity index (χ2n) is 31.7. The van der Waals surface area contributed by atoms with E-state index in [9.17, 15) is 28.8 Å². The Hall–Kier alpha value is -1.70. The standard InChI is InChI=1S/3C24H46O5.2C8H17.2Sn/c3*25-23(26)19-15-11-7-3-1-5-9-13-17-21-29-22-18-14-10-6-2-4-8-12-16-20-24(27)28;2*1-3-5-7-8-6-4-2;;/h3*1-22H2,(H,25,26)(H,27,28);2*1,3-8H2,2H3;;/q;;;;;2*+3/p-6. The monoisotopic (exact) mass is 1700 g/mol. The van der Waals surface area contributed by atoms with Crippen molar-refractivity contribution in [2.24, 2.45) is 0 Å². The minimum absolute atomic E-state index is 0.244. The molecule has 0 aliphatic carbocycles. The van der Waals surface area contributed by atoms with E-state index in [1.54, 1.807) is 0 Å². The number of carbonyl (C=O) groups is 6. The Balaban J connectivity index is 1.71. The van der Waals surface area contributed by atoms with E-state index in [0.29, 0.717) is 21.7 Å². The average Bonchev–Trinajstić information content (AvgIpc) is 0.845. The van der Waals surface area contributed by atoms with Crippen molar-refractivity contribution < 1.29 is 61.4 Å². The van der Waals surface area contributed by atoms with Crippen molar-refractivity contribution in [3.8, 4) is 0 Å². The molecule has 105 heavy (non-hydrogen) atoms. The Labute approximate surface area is 656 Å². The molecule has 2 fully saturated rings. The second kappa shape index (κ2) is 76.3. The van der Waals surface area contributed by atoms with E-state index in [-0.39, 0.29) is 74.3 Å². The second-order valence-corrected chi connectivity index (χ2v) is 45.8. The predicted molar refractivity (Wildman–Crippen MR) is 434 cm³/mol. The Bertz CT molecular complexity index is 1780. The van der Waals surface area contributed by atoms with Crippen LogP contribution in [0.25, 0.3) is 0 Å². The molecule has 0 aromatic heterocycles. The van der Waals surface area contributed by atoms with Crippen molar-refractivity contribution in [1.82, 2.24) is 0 Å². The van der Waals surface area contributed by atoms with E-state index in [4.69, 9.17) is 32.7 Å². The maximum absolute atomic E-state index is 13.7. The van der Waals surface area contributed by atoms with Crippen molar-refractivity contribution >= 4 is 75.1 Å². The molecular formula is C88H166O15Sn2. The van der Waals surface area contributed by atoms with Crippen LogP contribution in [0.5, 0.6) is 0 Å². The molecule has 2 saturated heterocycles. The van der Waals surface area contributed by atoms with Gasteiger partial charge in [-0.05, 0) is 0 Å². The van der Waals surface area contributed by atoms with Gasteiger partial charge in [0.05, 0.1) is 0 Å². The van der Waals surface area contributed by atoms with Gasteiger partial charge in [0, 0.05) is 39.6 Å². The van der Waals surface area contributed by atoms with Gasteiger partial charge in [-0.25, -0.2) is 0 Å². The van der Waals surface area contributed by atoms with Crippen LogP contribution in [0.2, 0.25) is 8.87 Å². The zero-order chi connectivity index (χ0) is 75.4. The summed E-state index contributed by atoms with van der Waals surface area (Å²) in [5, 5.41) is 0. The third kappa shape index (κ3) is 66.6. The van der Waals surface area contributed by atoms with Gasteiger partial charge in [-0.1, -0.05) is 0 Å². The number of carbonyl (C=O) groups excluding carboxylic acids is 6. The molecule has 0 aromatic carbocycles. The maximum atomic E-state index is 13.7. The number of rotatable bonds is 40. The summed E-state index contributed by atoms with van der Waals surface area (Å²) in [4.78, 5) is 81.8. The first-order chi connectivity index (χ1) is 51.6. The number of hydrogen-bond acceptors (Lipinski definition) is 15. The fourth-order valence-electron chi connectivity index (χ4n) is 14.6. The molecule has 2 rings (SSSR count). The third-order valence-corrected chi connectivity index (χ3v) is 36.0. The van der Waals surface area contributed by atoms with Crippen LogP contribution in [0.1, 0.15) is 476 Å². The molecule has 2 heterocycles. The van der Waals surface area contributed by atoms with Gasteiger partial charge >= 0.3 is 607 Å². The van der Waals surface area contributed by atoms with Gasteiger partial charge in [0.1, 0.15) is 0 Å². The summed E-state index contributed by atoms with van der Waals surface area (Å²) in [5.74, 6) is -2.28. The predicted octanol–water partition coefficient (Wildman–Crippen LogP) is 26.3. The summed E-state index contributed by atoms with van der Waals surface area (Å²) in [6.07, 6.45) is 73.2. The molecule has 0 aromatic rings. The van der Waals surface area contributed by atoms with Crippen molar-refractivity contribution in [2.45, 2.75) is 485 Å². The molecular weight excluding hydrogens is 1530 g/mol. The van der Waals surface area contributed by atoms with Crippen LogP contribution in [0.4, 0.5) is 0 Å². The quantitative estimate of drug-likeness (QED) is 0.0416. The van der Waals surface area contributed by atoms with Crippen LogP contribution in [0, 0.1) is 0 Å². The van der Waals surface area contributed by atoms with Gasteiger partial charge in [0.25, 0.3) is 0 Å². The van der Waals surface area contributed by atoms with Crippen LogP contribution in [0.15, 0.2) is 0 Å². The summed E-state index contributed by atoms with van der Waals surface area (Å²) in [7, 11) is 0. The molecule has 15 nitrogen and oxygen atoms in total. The zero-order valence-corrected chi connectivity index (χ0v) is 74.4. The molecule has 0 saturated carbocycles. The van der Waals surface area contributed by atoms with Gasteiger partial charge in [-0.3, -0.25) is 0 Å². The summed E-state index contributed by atoms with van der Waals surface area (Å²) < 4.78 is 56.0. The van der Waals surface area contributed by atoms with Crippen molar-refractivity contribution in [1.29, 1.82) is 0 Å². The first kappa shape index (κ1) is 99.4. The summed E-state index contributed by atoms with van der Waals surface area (Å²) in [6.45, 7) is 9.57. The molecule has 0 amide bonds. The molecule has 17 heteroatoms. The summed E-state index contributed by atoms with van der Waals surface area (Å²) >= 11 is -9.96. The van der Waals surface area contributed by atoms with E-state index in [1.807, 2.05) is 0 Å². The van der Waals surface area contributed by atoms with E-state index >= 15 is 0 Å². The Kier molecular flexibility index (Phi) is 72.2. The van der Waals surface area contributed by atoms with Gasteiger partial charge in [-0.15, -0.1) is 0 Å². The van der Waals surface area contributed by atoms with E-state index < -0.39 is 39.2 Å². The molecule has 0 bridgehead atoms. The number of hydrogen-bond donors (Lipinski definition) is 0. The van der Waals surface area contributed by atoms with Crippen LogP contribution < -0.4 is 0 Å². The van der Waals surface area contributed by atoms with Crippen LogP contribution in [0.3, 0.4) is 0 Å². The number of unbranched alkanes of at least 4 members (excludes halogenated alkanes) is 26. The van der Waals surface area contributed by atoms with Gasteiger partial charge < -0.3 is 14.2 Å². The normalized spacial score (nSPS) is 19.2. The molecule has 0 radical (unpaired) electrons. The van der Waals surface area contributed by atoms with Crippen LogP contribution >= 0.6 is 0 Å². The Morgan fingerprint density at radius 2 is 0.457 bits per heavy atom. The molecule has 0 unspecified atom stereocenters. The van der Waals surface area contributed by atoms with Gasteiger partial charge in [-0.2, -0.15) is 0 Å². The zero-order valence-electron chi connectivity index (χ0n) is 68.7. The molecule has 616 valence electrons. The fourth-order valence-corrected chi connectivity index (χ4v) is 28.6. The first-order valence-electron chi connectivity index (χ1n) is 45.6. The SMILES string of the molecule is CCCCCCC[CH2][Sn]1([O]C(=O)CCCCCCCCCCCOCCCCCCCCCCCC(=O)[O][Sn]2([CH2]CCCCCCC)[O]C(=O)CCCCCCCCCCCOCCCCCCCCCCCC(=O)[O]2)[O]C(=O)CCCCCCCCCCCOCCCCCCCCCCCC(=O)[O]1. The third-order valence-electron chi connectivity index (χ3n) is 21.3. The summed E-state index contributed by atoms with van der Waals surface area (Å²) in [5.41, 5.74) is 0. The molecule has 0 atom stereocenters. The Morgan fingerprint density at radius 1 is 0.257 bits per heavy atom. The average molecular weight is 1700 g/mol. The first-order valence-corrected chi connectivity index (χ1v) is 56.7. The topological polar surface area (TPSA) is 185 Å².